The molecule has 2 N–H and O–H groups in total. The summed E-state index contributed by atoms with van der Waals surface area (Å²) in [5.74, 6) is -0.145. The first kappa shape index (κ1) is 18.3. The number of hydrogen-bond donors (Lipinski definition) is 2. The van der Waals surface area contributed by atoms with Gasteiger partial charge in [0, 0.05) is 16.4 Å². The first-order chi connectivity index (χ1) is 11.3. The number of rotatable bonds is 6. The molecule has 0 aliphatic carbocycles. The largest absolute Gasteiger partial charge is 0.376 e. The lowest BCUT2D eigenvalue weighted by Crippen LogP contribution is -2.22. The third-order valence-electron chi connectivity index (χ3n) is 3.51. The number of anilines is 2. The minimum atomic E-state index is -3.21. The maximum absolute atomic E-state index is 12.0. The highest BCUT2D eigenvalue weighted by Gasteiger charge is 2.11. The van der Waals surface area contributed by atoms with Gasteiger partial charge < -0.3 is 10.6 Å². The minimum absolute atomic E-state index is 0.0582. The summed E-state index contributed by atoms with van der Waals surface area (Å²) in [6.45, 7) is 3.54. The quantitative estimate of drug-likeness (QED) is 0.820. The molecule has 0 bridgehead atoms. The summed E-state index contributed by atoms with van der Waals surface area (Å²) in [5.41, 5.74) is 2.26. The van der Waals surface area contributed by atoms with Crippen LogP contribution in [0.5, 0.6) is 0 Å². The number of nitrogens with one attached hydrogen (secondary N) is 2. The summed E-state index contributed by atoms with van der Waals surface area (Å²) in [7, 11) is -3.21. The molecule has 0 atom stereocenters. The molecule has 2 rings (SSSR count). The Morgan fingerprint density at radius 2 is 1.79 bits per heavy atom. The molecule has 0 heterocycles. The van der Waals surface area contributed by atoms with Crippen LogP contribution in [0.15, 0.2) is 47.4 Å². The number of hydrogen-bond acceptors (Lipinski definition) is 4. The van der Waals surface area contributed by atoms with E-state index < -0.39 is 9.84 Å². The van der Waals surface area contributed by atoms with Gasteiger partial charge in [0.2, 0.25) is 5.91 Å². The molecular weight excluding hydrogens is 348 g/mol. The lowest BCUT2D eigenvalue weighted by Gasteiger charge is -2.10. The fourth-order valence-corrected chi connectivity index (χ4v) is 3.20. The second-order valence-electron chi connectivity index (χ2n) is 5.29. The number of benzene rings is 2. The van der Waals surface area contributed by atoms with Gasteiger partial charge in [0.05, 0.1) is 17.2 Å². The van der Waals surface area contributed by atoms with E-state index in [9.17, 15) is 13.2 Å². The van der Waals surface area contributed by atoms with Crippen LogP contribution in [0.4, 0.5) is 11.4 Å². The van der Waals surface area contributed by atoms with E-state index in [1.807, 2.05) is 6.92 Å². The van der Waals surface area contributed by atoms with E-state index in [1.165, 1.54) is 12.1 Å². The Bertz CT molecular complexity index is 833. The molecule has 2 aromatic rings. The van der Waals surface area contributed by atoms with Crippen molar-refractivity contribution in [3.63, 3.8) is 0 Å². The fourth-order valence-electron chi connectivity index (χ4n) is 2.09. The molecule has 0 saturated heterocycles. The topological polar surface area (TPSA) is 75.3 Å². The average molecular weight is 367 g/mol. The highest BCUT2D eigenvalue weighted by atomic mass is 35.5. The van der Waals surface area contributed by atoms with Gasteiger partial charge in [-0.2, -0.15) is 0 Å². The first-order valence-electron chi connectivity index (χ1n) is 7.44. The molecule has 2 aromatic carbocycles. The second kappa shape index (κ2) is 7.68. The van der Waals surface area contributed by atoms with E-state index >= 15 is 0 Å². The lowest BCUT2D eigenvalue weighted by molar-refractivity contribution is -0.114. The molecule has 7 heteroatoms. The summed E-state index contributed by atoms with van der Waals surface area (Å²) in [6, 6.07) is 11.6. The molecule has 0 aromatic heterocycles. The number of amides is 1. The Labute approximate surface area is 147 Å². The lowest BCUT2D eigenvalue weighted by atomic mass is 10.2. The zero-order chi connectivity index (χ0) is 17.7. The summed E-state index contributed by atoms with van der Waals surface area (Å²) < 4.78 is 23.5. The van der Waals surface area contributed by atoms with Crippen molar-refractivity contribution >= 4 is 38.7 Å². The highest BCUT2D eigenvalue weighted by Crippen LogP contribution is 2.19. The van der Waals surface area contributed by atoms with Crippen LogP contribution >= 0.6 is 11.6 Å². The normalized spacial score (nSPS) is 11.1. The van der Waals surface area contributed by atoms with Crippen molar-refractivity contribution in [3.8, 4) is 0 Å². The van der Waals surface area contributed by atoms with Crippen LogP contribution in [0.3, 0.4) is 0 Å². The van der Waals surface area contributed by atoms with Crippen LogP contribution < -0.4 is 10.6 Å². The molecule has 0 radical (unpaired) electrons. The molecule has 24 heavy (non-hydrogen) atoms. The Balaban J connectivity index is 1.94. The van der Waals surface area contributed by atoms with Crippen molar-refractivity contribution < 1.29 is 13.2 Å². The van der Waals surface area contributed by atoms with Crippen LogP contribution in [0.2, 0.25) is 5.02 Å². The molecule has 0 saturated carbocycles. The minimum Gasteiger partial charge on any atom is -0.376 e. The van der Waals surface area contributed by atoms with Gasteiger partial charge in [-0.1, -0.05) is 18.5 Å². The summed E-state index contributed by atoms with van der Waals surface area (Å²) >= 11 is 5.88. The van der Waals surface area contributed by atoms with Crippen LogP contribution in [0.25, 0.3) is 0 Å². The monoisotopic (exact) mass is 366 g/mol. The molecule has 0 aliphatic heterocycles. The van der Waals surface area contributed by atoms with Gasteiger partial charge in [-0.25, -0.2) is 8.42 Å². The van der Waals surface area contributed by atoms with E-state index in [0.717, 1.165) is 5.56 Å². The molecule has 0 aliphatic rings. The second-order valence-corrected chi connectivity index (χ2v) is 8.00. The van der Waals surface area contributed by atoms with Crippen molar-refractivity contribution in [1.29, 1.82) is 0 Å². The first-order valence-corrected chi connectivity index (χ1v) is 9.47. The zero-order valence-electron chi connectivity index (χ0n) is 13.5. The highest BCUT2D eigenvalue weighted by molar-refractivity contribution is 7.91. The molecular formula is C17H19ClN2O3S. The smallest absolute Gasteiger partial charge is 0.243 e. The number of carbonyl (C=O) groups is 1. The maximum Gasteiger partial charge on any atom is 0.243 e. The molecule has 0 fully saturated rings. The Kier molecular flexibility index (Phi) is 5.85. The molecule has 128 valence electrons. The van der Waals surface area contributed by atoms with Gasteiger partial charge in [-0.3, -0.25) is 4.79 Å². The number of halogens is 1. The maximum atomic E-state index is 12.0. The van der Waals surface area contributed by atoms with E-state index in [1.54, 1.807) is 37.3 Å². The summed E-state index contributed by atoms with van der Waals surface area (Å²) in [4.78, 5) is 12.3. The van der Waals surface area contributed by atoms with Crippen molar-refractivity contribution in [1.82, 2.24) is 0 Å². The number of sulfone groups is 1. The van der Waals surface area contributed by atoms with Crippen LogP contribution in [0.1, 0.15) is 12.5 Å². The third-order valence-corrected chi connectivity index (χ3v) is 5.49. The van der Waals surface area contributed by atoms with Crippen molar-refractivity contribution in [2.45, 2.75) is 18.7 Å². The fraction of sp³-hybridized carbons (Fsp3) is 0.235. The summed E-state index contributed by atoms with van der Waals surface area (Å²) in [6.07, 6.45) is 0. The zero-order valence-corrected chi connectivity index (χ0v) is 15.0. The van der Waals surface area contributed by atoms with E-state index in [2.05, 4.69) is 10.6 Å². The average Bonchev–Trinajstić information content (AvgIpc) is 2.56. The van der Waals surface area contributed by atoms with Gasteiger partial charge >= 0.3 is 0 Å². The summed E-state index contributed by atoms with van der Waals surface area (Å²) in [5, 5.41) is 6.37. The SMILES string of the molecule is CCS(=O)(=O)c1ccc(NCC(=O)Nc2ccc(Cl)cc2C)cc1. The van der Waals surface area contributed by atoms with Crippen molar-refractivity contribution in [2.24, 2.45) is 0 Å². The van der Waals surface area contributed by atoms with Crippen LogP contribution in [-0.4, -0.2) is 26.6 Å². The van der Waals surface area contributed by atoms with Crippen LogP contribution in [-0.2, 0) is 14.6 Å². The van der Waals surface area contributed by atoms with Gasteiger partial charge in [0.25, 0.3) is 0 Å². The number of carbonyl (C=O) groups excluding carboxylic acids is 1. The van der Waals surface area contributed by atoms with Crippen molar-refractivity contribution in [3.05, 3.63) is 53.1 Å². The van der Waals surface area contributed by atoms with Crippen molar-refractivity contribution in [2.75, 3.05) is 22.9 Å². The van der Waals surface area contributed by atoms with Gasteiger partial charge in [0.1, 0.15) is 0 Å². The van der Waals surface area contributed by atoms with Gasteiger partial charge in [-0.05, 0) is 55.0 Å². The van der Waals surface area contributed by atoms with E-state index in [4.69, 9.17) is 11.6 Å². The standard InChI is InChI=1S/C17H19ClN2O3S/c1-3-24(22,23)15-7-5-14(6-8-15)19-11-17(21)20-16-9-4-13(18)10-12(16)2/h4-10,19H,3,11H2,1-2H3,(H,20,21). The molecule has 5 nitrogen and oxygen atoms in total. The number of aryl methyl sites for hydroxylation is 1. The van der Waals surface area contributed by atoms with E-state index in [-0.39, 0.29) is 23.1 Å². The van der Waals surface area contributed by atoms with Gasteiger partial charge in [-0.15, -0.1) is 0 Å². The predicted octanol–water partition coefficient (Wildman–Crippen LogP) is 3.49. The third kappa shape index (κ3) is 4.72. The van der Waals surface area contributed by atoms with Gasteiger partial charge in [0.15, 0.2) is 9.84 Å². The van der Waals surface area contributed by atoms with Crippen LogP contribution in [0, 0.1) is 6.92 Å². The Morgan fingerprint density at radius 3 is 2.38 bits per heavy atom. The predicted molar refractivity (Wildman–Crippen MR) is 97.5 cm³/mol. The molecule has 1 amide bonds. The van der Waals surface area contributed by atoms with E-state index in [0.29, 0.717) is 16.4 Å². The Hall–Kier alpha value is -2.05. The molecule has 0 spiro atoms. The molecule has 0 unspecified atom stereocenters. The Morgan fingerprint density at radius 1 is 1.12 bits per heavy atom.